The number of hydrogen-bond acceptors (Lipinski definition) is 5. The van der Waals surface area contributed by atoms with E-state index in [2.05, 4.69) is 16.7 Å². The maximum atomic E-state index is 12.9. The van der Waals surface area contributed by atoms with E-state index >= 15 is 0 Å². The number of nitrogens with one attached hydrogen (secondary N) is 2. The molecule has 1 atom stereocenters. The summed E-state index contributed by atoms with van der Waals surface area (Å²) < 4.78 is 3.32. The fourth-order valence-corrected chi connectivity index (χ4v) is 5.54. The van der Waals surface area contributed by atoms with Gasteiger partial charge >= 0.3 is 5.97 Å². The first-order valence-electron chi connectivity index (χ1n) is 12.4. The number of fused-ring (bicyclic) bond motifs is 1. The second-order valence-electron chi connectivity index (χ2n) is 9.16. The molecule has 1 unspecified atom stereocenters. The lowest BCUT2D eigenvalue weighted by Crippen LogP contribution is -2.62. The minimum atomic E-state index is -1.82. The van der Waals surface area contributed by atoms with Crippen LogP contribution < -0.4 is 20.3 Å². The van der Waals surface area contributed by atoms with Gasteiger partial charge in [-0.15, -0.1) is 0 Å². The third-order valence-corrected chi connectivity index (χ3v) is 7.52. The number of carbonyl (C=O) groups excluding carboxylic acids is 1. The Kier molecular flexibility index (Phi) is 9.46. The van der Waals surface area contributed by atoms with E-state index in [0.29, 0.717) is 23.8 Å². The first-order chi connectivity index (χ1) is 18.1. The third-order valence-electron chi connectivity index (χ3n) is 6.45. The largest absolute Gasteiger partial charge is 0.482 e. The summed E-state index contributed by atoms with van der Waals surface area (Å²) in [6, 6.07) is 13.1. The third kappa shape index (κ3) is 7.14. The zero-order valence-electron chi connectivity index (χ0n) is 20.6. The van der Waals surface area contributed by atoms with Gasteiger partial charge in [-0.3, -0.25) is 4.79 Å². The topological polar surface area (TPSA) is 94.1 Å². The molecule has 2 aromatic rings. The fraction of sp³-hybridized carbons (Fsp3) is 0.423. The molecule has 0 spiro atoms. The molecule has 204 valence electrons. The van der Waals surface area contributed by atoms with Gasteiger partial charge in [0.15, 0.2) is 17.9 Å². The lowest BCUT2D eigenvalue weighted by molar-refractivity contribution is -0.139. The van der Waals surface area contributed by atoms with E-state index in [0.717, 1.165) is 49.3 Å². The Morgan fingerprint density at radius 3 is 2.61 bits per heavy atom. The predicted octanol–water partition coefficient (Wildman–Crippen LogP) is 4.75. The van der Waals surface area contributed by atoms with E-state index < -0.39 is 22.5 Å². The van der Waals surface area contributed by atoms with Crippen LogP contribution in [-0.2, 0) is 22.4 Å². The van der Waals surface area contributed by atoms with Gasteiger partial charge in [-0.2, -0.15) is 0 Å². The maximum absolute atomic E-state index is 12.9. The van der Waals surface area contributed by atoms with Gasteiger partial charge in [0.2, 0.25) is 9.70 Å². The smallest absolute Gasteiger partial charge is 0.341 e. The van der Waals surface area contributed by atoms with Crippen molar-refractivity contribution in [2.24, 2.45) is 0 Å². The first kappa shape index (κ1) is 28.5. The summed E-state index contributed by atoms with van der Waals surface area (Å²) in [6.07, 6.45) is 2.51. The number of halogens is 3. The second kappa shape index (κ2) is 12.6. The molecule has 3 N–H and O–H groups in total. The molecule has 0 bridgehead atoms. The number of aryl methyl sites for hydroxylation is 2. The van der Waals surface area contributed by atoms with Gasteiger partial charge in [0.25, 0.3) is 0 Å². The Balaban J connectivity index is 1.42. The van der Waals surface area contributed by atoms with Crippen molar-refractivity contribution in [1.82, 2.24) is 10.2 Å². The van der Waals surface area contributed by atoms with Gasteiger partial charge in [-0.05, 0) is 67.2 Å². The van der Waals surface area contributed by atoms with Crippen molar-refractivity contribution in [1.29, 1.82) is 0 Å². The molecule has 2 aliphatic rings. The van der Waals surface area contributed by atoms with Crippen molar-refractivity contribution < 1.29 is 19.4 Å². The Bertz CT molecular complexity index is 1180. The Morgan fingerprint density at radius 1 is 1.13 bits per heavy atom. The van der Waals surface area contributed by atoms with Gasteiger partial charge in [-0.25, -0.2) is 4.79 Å². The van der Waals surface area contributed by atoms with Crippen LogP contribution in [0.4, 0.5) is 11.4 Å². The molecular weight excluding hydrogens is 571 g/mol. The second-order valence-corrected chi connectivity index (χ2v) is 11.9. The van der Waals surface area contributed by atoms with Crippen LogP contribution in [0.25, 0.3) is 0 Å². The van der Waals surface area contributed by atoms with Gasteiger partial charge < -0.3 is 30.3 Å². The minimum absolute atomic E-state index is 0.160. The van der Waals surface area contributed by atoms with Crippen LogP contribution in [-0.4, -0.2) is 63.2 Å². The van der Waals surface area contributed by atoms with E-state index in [1.165, 1.54) is 5.56 Å². The highest BCUT2D eigenvalue weighted by molar-refractivity contribution is 7.80. The molecule has 1 fully saturated rings. The zero-order chi connectivity index (χ0) is 27.3. The summed E-state index contributed by atoms with van der Waals surface area (Å²) in [5.41, 5.74) is 4.20. The lowest BCUT2D eigenvalue weighted by atomic mass is 10.0. The van der Waals surface area contributed by atoms with Crippen molar-refractivity contribution in [3.8, 4) is 5.75 Å². The number of alkyl halides is 3. The number of thiocarbonyl (C=S) groups is 1. The van der Waals surface area contributed by atoms with Crippen LogP contribution in [0.3, 0.4) is 0 Å². The first-order valence-corrected chi connectivity index (χ1v) is 13.9. The molecule has 0 saturated carbocycles. The van der Waals surface area contributed by atoms with Crippen molar-refractivity contribution in [2.45, 2.75) is 42.1 Å². The normalized spacial score (nSPS) is 16.3. The fourth-order valence-electron chi connectivity index (χ4n) is 4.64. The number of carboxylic acid groups (broad SMARTS) is 1. The Morgan fingerprint density at radius 2 is 1.89 bits per heavy atom. The quantitative estimate of drug-likeness (QED) is 0.281. The van der Waals surface area contributed by atoms with E-state index in [-0.39, 0.29) is 12.3 Å². The van der Waals surface area contributed by atoms with Crippen molar-refractivity contribution in [3.63, 3.8) is 0 Å². The van der Waals surface area contributed by atoms with Gasteiger partial charge in [-0.1, -0.05) is 59.1 Å². The maximum Gasteiger partial charge on any atom is 0.341 e. The SMILES string of the molecule is O=C(O)COc1ccc(CCC(=O)NC(N2CCCN(c3cccc4c3NCCC4)C2=S)C(Cl)(Cl)Cl)cc1. The average molecular weight is 600 g/mol. The Labute approximate surface area is 242 Å². The predicted molar refractivity (Wildman–Crippen MR) is 155 cm³/mol. The summed E-state index contributed by atoms with van der Waals surface area (Å²) in [5.74, 6) is -0.897. The van der Waals surface area contributed by atoms with E-state index in [1.54, 1.807) is 29.2 Å². The summed E-state index contributed by atoms with van der Waals surface area (Å²) in [7, 11) is 0. The number of carbonyl (C=O) groups is 2. The number of rotatable bonds is 9. The number of carboxylic acids is 1. The van der Waals surface area contributed by atoms with Gasteiger partial charge in [0, 0.05) is 26.1 Å². The molecule has 0 aliphatic carbocycles. The molecule has 1 saturated heterocycles. The van der Waals surface area contributed by atoms with Crippen LogP contribution in [0, 0.1) is 0 Å². The molecule has 2 aliphatic heterocycles. The standard InChI is InChI=1S/C26H29Cl3N4O4S/c27-26(28,29)24(31-21(34)12-9-17-7-10-19(11-8-17)37-16-22(35)36)33-15-3-14-32(25(33)38)20-6-1-4-18-5-2-13-30-23(18)20/h1,4,6-8,10-11,24,30H,2-3,5,9,12-16H2,(H,31,34)(H,35,36). The lowest BCUT2D eigenvalue weighted by Gasteiger charge is -2.45. The van der Waals surface area contributed by atoms with E-state index in [1.807, 2.05) is 17.0 Å². The molecule has 0 aromatic heterocycles. The molecule has 0 radical (unpaired) electrons. The minimum Gasteiger partial charge on any atom is -0.482 e. The number of benzene rings is 2. The number of aliphatic carboxylic acids is 1. The van der Waals surface area contributed by atoms with Crippen molar-refractivity contribution >= 4 is 75.4 Å². The van der Waals surface area contributed by atoms with E-state index in [4.69, 9.17) is 56.9 Å². The monoisotopic (exact) mass is 598 g/mol. The van der Waals surface area contributed by atoms with Crippen LogP contribution >= 0.6 is 47.0 Å². The summed E-state index contributed by atoms with van der Waals surface area (Å²) in [5, 5.41) is 15.6. The molecule has 2 heterocycles. The highest BCUT2D eigenvalue weighted by Gasteiger charge is 2.42. The summed E-state index contributed by atoms with van der Waals surface area (Å²) in [4.78, 5) is 27.4. The van der Waals surface area contributed by atoms with Crippen molar-refractivity contribution in [2.75, 3.05) is 36.5 Å². The number of ether oxygens (including phenoxy) is 1. The molecule has 2 aromatic carbocycles. The molecule has 4 rings (SSSR count). The zero-order valence-corrected chi connectivity index (χ0v) is 23.7. The molecule has 1 amide bonds. The number of nitrogens with zero attached hydrogens (tertiary/aromatic N) is 2. The number of hydrogen-bond donors (Lipinski definition) is 3. The highest BCUT2D eigenvalue weighted by atomic mass is 35.6. The van der Waals surface area contributed by atoms with Crippen molar-refractivity contribution in [3.05, 3.63) is 53.6 Å². The van der Waals surface area contributed by atoms with Crippen LogP contribution in [0.2, 0.25) is 0 Å². The van der Waals surface area contributed by atoms with Gasteiger partial charge in [0.1, 0.15) is 5.75 Å². The molecule has 8 nitrogen and oxygen atoms in total. The molecule has 38 heavy (non-hydrogen) atoms. The Hall–Kier alpha value is -2.46. The van der Waals surface area contributed by atoms with Crippen LogP contribution in [0.15, 0.2) is 42.5 Å². The van der Waals surface area contributed by atoms with Crippen LogP contribution in [0.1, 0.15) is 30.4 Å². The average Bonchev–Trinajstić information content (AvgIpc) is 2.89. The molecular formula is C26H29Cl3N4O4S. The number of para-hydroxylation sites is 1. The number of anilines is 2. The highest BCUT2D eigenvalue weighted by Crippen LogP contribution is 2.38. The van der Waals surface area contributed by atoms with E-state index in [9.17, 15) is 9.59 Å². The summed E-state index contributed by atoms with van der Waals surface area (Å²) >= 11 is 25.0. The number of amides is 1. The van der Waals surface area contributed by atoms with Gasteiger partial charge in [0.05, 0.1) is 11.4 Å². The van der Waals surface area contributed by atoms with Crippen LogP contribution in [0.5, 0.6) is 5.75 Å². The molecule has 12 heteroatoms. The summed E-state index contributed by atoms with van der Waals surface area (Å²) in [6.45, 7) is 1.74.